The topological polar surface area (TPSA) is 15.3 Å². The van der Waals surface area contributed by atoms with Gasteiger partial charge in [0, 0.05) is 18.1 Å². The SMILES string of the molecule is CCN1CC(C)NCCC1(C)C. The van der Waals surface area contributed by atoms with Crippen LogP contribution in [0.4, 0.5) is 0 Å². The summed E-state index contributed by atoms with van der Waals surface area (Å²) < 4.78 is 0. The third-order valence-corrected chi connectivity index (χ3v) is 2.96. The molecule has 72 valence electrons. The summed E-state index contributed by atoms with van der Waals surface area (Å²) in [5.74, 6) is 0. The van der Waals surface area contributed by atoms with Gasteiger partial charge < -0.3 is 5.32 Å². The Hall–Kier alpha value is -0.0800. The van der Waals surface area contributed by atoms with Gasteiger partial charge in [-0.25, -0.2) is 0 Å². The van der Waals surface area contributed by atoms with Crippen LogP contribution in [0.3, 0.4) is 0 Å². The highest BCUT2D eigenvalue weighted by Gasteiger charge is 2.28. The van der Waals surface area contributed by atoms with Gasteiger partial charge in [0.25, 0.3) is 0 Å². The third-order valence-electron chi connectivity index (χ3n) is 2.96. The molecule has 1 rings (SSSR count). The molecule has 2 nitrogen and oxygen atoms in total. The average molecular weight is 170 g/mol. The monoisotopic (exact) mass is 170 g/mol. The number of hydrogen-bond donors (Lipinski definition) is 1. The predicted molar refractivity (Wildman–Crippen MR) is 53.4 cm³/mol. The summed E-state index contributed by atoms with van der Waals surface area (Å²) in [5, 5.41) is 3.52. The molecule has 12 heavy (non-hydrogen) atoms. The van der Waals surface area contributed by atoms with Gasteiger partial charge in [-0.15, -0.1) is 0 Å². The maximum absolute atomic E-state index is 3.52. The molecule has 1 N–H and O–H groups in total. The fourth-order valence-electron chi connectivity index (χ4n) is 1.98. The summed E-state index contributed by atoms with van der Waals surface area (Å²) in [6.45, 7) is 12.7. The Kier molecular flexibility index (Phi) is 3.13. The quantitative estimate of drug-likeness (QED) is 0.641. The van der Waals surface area contributed by atoms with Gasteiger partial charge in [-0.05, 0) is 40.3 Å². The van der Waals surface area contributed by atoms with E-state index in [1.807, 2.05) is 0 Å². The zero-order chi connectivity index (χ0) is 9.19. The summed E-state index contributed by atoms with van der Waals surface area (Å²) in [6, 6.07) is 0.645. The van der Waals surface area contributed by atoms with E-state index in [9.17, 15) is 0 Å². The minimum absolute atomic E-state index is 0.381. The van der Waals surface area contributed by atoms with Gasteiger partial charge in [-0.3, -0.25) is 4.90 Å². The molecule has 0 amide bonds. The Morgan fingerprint density at radius 2 is 2.17 bits per heavy atom. The number of hydrogen-bond acceptors (Lipinski definition) is 2. The summed E-state index contributed by atoms with van der Waals surface area (Å²) in [4.78, 5) is 2.57. The van der Waals surface area contributed by atoms with Crippen molar-refractivity contribution in [2.75, 3.05) is 19.6 Å². The smallest absolute Gasteiger partial charge is 0.0166 e. The van der Waals surface area contributed by atoms with Crippen LogP contribution in [-0.4, -0.2) is 36.1 Å². The van der Waals surface area contributed by atoms with Crippen LogP contribution in [0, 0.1) is 0 Å². The molecule has 1 atom stereocenters. The van der Waals surface area contributed by atoms with Crippen LogP contribution in [0.2, 0.25) is 0 Å². The highest BCUT2D eigenvalue weighted by Crippen LogP contribution is 2.20. The lowest BCUT2D eigenvalue weighted by atomic mass is 9.99. The molecular formula is C10H22N2. The van der Waals surface area contributed by atoms with Gasteiger partial charge in [0.2, 0.25) is 0 Å². The Morgan fingerprint density at radius 1 is 1.50 bits per heavy atom. The third kappa shape index (κ3) is 2.20. The zero-order valence-corrected chi connectivity index (χ0v) is 8.85. The molecule has 0 bridgehead atoms. The van der Waals surface area contributed by atoms with Crippen LogP contribution in [0.25, 0.3) is 0 Å². The standard InChI is InChI=1S/C10H22N2/c1-5-12-8-9(2)11-7-6-10(12,3)4/h9,11H,5-8H2,1-4H3. The normalized spacial score (nSPS) is 31.5. The molecular weight excluding hydrogens is 148 g/mol. The van der Waals surface area contributed by atoms with Crippen molar-refractivity contribution >= 4 is 0 Å². The van der Waals surface area contributed by atoms with Crippen LogP contribution < -0.4 is 5.32 Å². The van der Waals surface area contributed by atoms with E-state index in [1.165, 1.54) is 19.5 Å². The van der Waals surface area contributed by atoms with Gasteiger partial charge in [0.05, 0.1) is 0 Å². The number of nitrogens with one attached hydrogen (secondary N) is 1. The van der Waals surface area contributed by atoms with Gasteiger partial charge >= 0.3 is 0 Å². The lowest BCUT2D eigenvalue weighted by Gasteiger charge is -2.36. The van der Waals surface area contributed by atoms with Crippen LogP contribution in [0.15, 0.2) is 0 Å². The summed E-state index contributed by atoms with van der Waals surface area (Å²) in [6.07, 6.45) is 1.26. The Balaban J connectivity index is 2.63. The summed E-state index contributed by atoms with van der Waals surface area (Å²) in [5.41, 5.74) is 0.381. The van der Waals surface area contributed by atoms with Crippen molar-refractivity contribution in [3.63, 3.8) is 0 Å². The number of likely N-dealkylation sites (N-methyl/N-ethyl adjacent to an activating group) is 1. The first kappa shape index (κ1) is 10.0. The van der Waals surface area contributed by atoms with Crippen LogP contribution in [-0.2, 0) is 0 Å². The Labute approximate surface area is 76.3 Å². The predicted octanol–water partition coefficient (Wildman–Crippen LogP) is 1.47. The molecule has 0 radical (unpaired) electrons. The molecule has 1 heterocycles. The highest BCUT2D eigenvalue weighted by atomic mass is 15.2. The van der Waals surface area contributed by atoms with E-state index >= 15 is 0 Å². The van der Waals surface area contributed by atoms with Crippen molar-refractivity contribution < 1.29 is 0 Å². The van der Waals surface area contributed by atoms with E-state index in [-0.39, 0.29) is 0 Å². The van der Waals surface area contributed by atoms with Crippen LogP contribution >= 0.6 is 0 Å². The van der Waals surface area contributed by atoms with Crippen molar-refractivity contribution in [2.24, 2.45) is 0 Å². The van der Waals surface area contributed by atoms with Crippen LogP contribution in [0.1, 0.15) is 34.1 Å². The van der Waals surface area contributed by atoms with Crippen LogP contribution in [0.5, 0.6) is 0 Å². The lowest BCUT2D eigenvalue weighted by Crippen LogP contribution is -2.45. The molecule has 1 fully saturated rings. The first-order chi connectivity index (χ1) is 5.56. The first-order valence-corrected chi connectivity index (χ1v) is 5.04. The van der Waals surface area contributed by atoms with E-state index in [4.69, 9.17) is 0 Å². The minimum atomic E-state index is 0.381. The van der Waals surface area contributed by atoms with E-state index in [2.05, 4.69) is 37.9 Å². The fraction of sp³-hybridized carbons (Fsp3) is 1.00. The molecule has 0 aromatic carbocycles. The molecule has 1 aliphatic rings. The molecule has 0 aromatic heterocycles. The second-order valence-corrected chi connectivity index (χ2v) is 4.46. The van der Waals surface area contributed by atoms with Crippen molar-refractivity contribution in [2.45, 2.75) is 45.7 Å². The molecule has 1 unspecified atom stereocenters. The molecule has 1 aliphatic heterocycles. The van der Waals surface area contributed by atoms with Crippen molar-refractivity contribution in [1.29, 1.82) is 0 Å². The summed E-state index contributed by atoms with van der Waals surface area (Å²) in [7, 11) is 0. The fourth-order valence-corrected chi connectivity index (χ4v) is 1.98. The maximum Gasteiger partial charge on any atom is 0.0166 e. The summed E-state index contributed by atoms with van der Waals surface area (Å²) >= 11 is 0. The lowest BCUT2D eigenvalue weighted by molar-refractivity contribution is 0.129. The van der Waals surface area contributed by atoms with E-state index in [1.54, 1.807) is 0 Å². The average Bonchev–Trinajstić information content (AvgIpc) is 2.10. The van der Waals surface area contributed by atoms with Gasteiger partial charge in [-0.2, -0.15) is 0 Å². The Morgan fingerprint density at radius 3 is 2.75 bits per heavy atom. The molecule has 0 saturated carbocycles. The van der Waals surface area contributed by atoms with Gasteiger partial charge in [0.15, 0.2) is 0 Å². The van der Waals surface area contributed by atoms with Crippen molar-refractivity contribution in [3.8, 4) is 0 Å². The number of rotatable bonds is 1. The second-order valence-electron chi connectivity index (χ2n) is 4.46. The maximum atomic E-state index is 3.52. The first-order valence-electron chi connectivity index (χ1n) is 5.04. The van der Waals surface area contributed by atoms with Gasteiger partial charge in [0.1, 0.15) is 0 Å². The molecule has 0 spiro atoms. The van der Waals surface area contributed by atoms with E-state index in [0.717, 1.165) is 6.54 Å². The Bertz CT molecular complexity index is 143. The molecule has 1 saturated heterocycles. The van der Waals surface area contributed by atoms with Crippen molar-refractivity contribution in [3.05, 3.63) is 0 Å². The van der Waals surface area contributed by atoms with E-state index < -0.39 is 0 Å². The highest BCUT2D eigenvalue weighted by molar-refractivity contribution is 4.87. The minimum Gasteiger partial charge on any atom is -0.313 e. The molecule has 2 heteroatoms. The molecule has 0 aliphatic carbocycles. The number of nitrogens with zero attached hydrogens (tertiary/aromatic N) is 1. The second kappa shape index (κ2) is 3.75. The van der Waals surface area contributed by atoms with Gasteiger partial charge in [-0.1, -0.05) is 6.92 Å². The largest absolute Gasteiger partial charge is 0.313 e. The van der Waals surface area contributed by atoms with E-state index in [0.29, 0.717) is 11.6 Å². The molecule has 0 aromatic rings. The van der Waals surface area contributed by atoms with Crippen molar-refractivity contribution in [1.82, 2.24) is 10.2 Å². The zero-order valence-electron chi connectivity index (χ0n) is 8.85.